The number of hydrogen-bond donors (Lipinski definition) is 2. The average molecular weight is 592 g/mol. The molecular weight excluding hydrogens is 566 g/mol. The van der Waals surface area contributed by atoms with Crippen LogP contribution in [0.3, 0.4) is 0 Å². The van der Waals surface area contributed by atoms with E-state index < -0.39 is 17.8 Å². The smallest absolute Gasteiger partial charge is 0.335 e. The van der Waals surface area contributed by atoms with Crippen molar-refractivity contribution in [2.45, 2.75) is 20.8 Å². The van der Waals surface area contributed by atoms with Crippen LogP contribution < -0.4 is 25.0 Å². The molecule has 1 aliphatic rings. The van der Waals surface area contributed by atoms with E-state index in [0.717, 1.165) is 20.5 Å². The van der Waals surface area contributed by atoms with E-state index in [9.17, 15) is 19.2 Å². The number of imide groups is 2. The first-order valence-electron chi connectivity index (χ1n) is 12.1. The number of benzene rings is 3. The van der Waals surface area contributed by atoms with Crippen LogP contribution in [0.1, 0.15) is 23.6 Å². The van der Waals surface area contributed by atoms with Gasteiger partial charge in [0.05, 0.1) is 12.3 Å². The summed E-state index contributed by atoms with van der Waals surface area (Å²) < 4.78 is 12.2. The highest BCUT2D eigenvalue weighted by molar-refractivity contribution is 9.10. The van der Waals surface area contributed by atoms with Gasteiger partial charge in [-0.2, -0.15) is 0 Å². The molecule has 1 fully saturated rings. The number of urea groups is 1. The minimum atomic E-state index is -0.831. The highest BCUT2D eigenvalue weighted by atomic mass is 79.9. The Kier molecular flexibility index (Phi) is 8.46. The number of aryl methyl sites for hydroxylation is 2. The first-order chi connectivity index (χ1) is 18.7. The van der Waals surface area contributed by atoms with E-state index >= 15 is 0 Å². The highest BCUT2D eigenvalue weighted by Crippen LogP contribution is 2.30. The van der Waals surface area contributed by atoms with Crippen molar-refractivity contribution in [3.05, 3.63) is 87.4 Å². The van der Waals surface area contributed by atoms with E-state index in [1.165, 1.54) is 6.08 Å². The van der Waals surface area contributed by atoms with E-state index in [1.54, 1.807) is 49.4 Å². The van der Waals surface area contributed by atoms with Crippen LogP contribution in [0.4, 0.5) is 16.2 Å². The molecule has 10 heteroatoms. The molecule has 0 aliphatic carbocycles. The predicted molar refractivity (Wildman–Crippen MR) is 151 cm³/mol. The van der Waals surface area contributed by atoms with Gasteiger partial charge in [-0.15, -0.1) is 0 Å². The summed E-state index contributed by atoms with van der Waals surface area (Å²) in [5, 5.41) is 5.03. The lowest BCUT2D eigenvalue weighted by Crippen LogP contribution is -2.54. The highest BCUT2D eigenvalue weighted by Gasteiger charge is 2.36. The molecule has 3 aromatic rings. The molecule has 0 saturated carbocycles. The normalized spacial score (nSPS) is 14.3. The third-order valence-corrected chi connectivity index (χ3v) is 6.31. The first-order valence-corrected chi connectivity index (χ1v) is 12.9. The van der Waals surface area contributed by atoms with Gasteiger partial charge in [-0.05, 0) is 80.4 Å². The third kappa shape index (κ3) is 6.53. The minimum absolute atomic E-state index is 0.221. The molecule has 0 spiro atoms. The molecule has 1 aliphatic heterocycles. The van der Waals surface area contributed by atoms with Gasteiger partial charge >= 0.3 is 6.03 Å². The summed E-state index contributed by atoms with van der Waals surface area (Å²) in [6.07, 6.45) is 1.37. The molecular formula is C29H26BrN3O6. The molecule has 0 bridgehead atoms. The number of barbiturate groups is 1. The van der Waals surface area contributed by atoms with Crippen LogP contribution in [-0.2, 0) is 14.4 Å². The molecule has 4 rings (SSSR count). The first kappa shape index (κ1) is 27.6. The molecule has 1 heterocycles. The zero-order valence-electron chi connectivity index (χ0n) is 21.5. The number of nitrogens with zero attached hydrogens (tertiary/aromatic N) is 1. The average Bonchev–Trinajstić information content (AvgIpc) is 2.89. The number of carbonyl (C=O) groups is 4. The van der Waals surface area contributed by atoms with Crippen LogP contribution >= 0.6 is 15.9 Å². The zero-order chi connectivity index (χ0) is 28.1. The molecule has 200 valence electrons. The van der Waals surface area contributed by atoms with Gasteiger partial charge in [-0.3, -0.25) is 19.7 Å². The van der Waals surface area contributed by atoms with Crippen molar-refractivity contribution in [2.24, 2.45) is 0 Å². The number of nitrogens with one attached hydrogen (secondary N) is 2. The van der Waals surface area contributed by atoms with Crippen molar-refractivity contribution in [3.63, 3.8) is 0 Å². The maximum atomic E-state index is 13.1. The molecule has 9 nitrogen and oxygen atoms in total. The quantitative estimate of drug-likeness (QED) is 0.277. The van der Waals surface area contributed by atoms with Crippen molar-refractivity contribution in [3.8, 4) is 11.5 Å². The Morgan fingerprint density at radius 1 is 0.974 bits per heavy atom. The van der Waals surface area contributed by atoms with E-state index in [2.05, 4.69) is 26.6 Å². The fraction of sp³-hybridized carbons (Fsp3) is 0.172. The second-order valence-electron chi connectivity index (χ2n) is 8.73. The fourth-order valence-electron chi connectivity index (χ4n) is 3.93. The Hall–Kier alpha value is -4.44. The topological polar surface area (TPSA) is 114 Å². The fourth-order valence-corrected chi connectivity index (χ4v) is 4.20. The van der Waals surface area contributed by atoms with E-state index in [1.807, 2.05) is 32.0 Å². The summed E-state index contributed by atoms with van der Waals surface area (Å²) in [5.41, 5.74) is 3.30. The summed E-state index contributed by atoms with van der Waals surface area (Å²) in [4.78, 5) is 51.5. The monoisotopic (exact) mass is 591 g/mol. The number of ether oxygens (including phenoxy) is 2. The van der Waals surface area contributed by atoms with Gasteiger partial charge in [0, 0.05) is 10.2 Å². The second-order valence-corrected chi connectivity index (χ2v) is 9.64. The summed E-state index contributed by atoms with van der Waals surface area (Å²) in [5.74, 6) is -1.25. The number of carbonyl (C=O) groups excluding carboxylic acids is 4. The van der Waals surface area contributed by atoms with Crippen molar-refractivity contribution in [2.75, 3.05) is 23.4 Å². The lowest BCUT2D eigenvalue weighted by molar-refractivity contribution is -0.122. The van der Waals surface area contributed by atoms with Crippen molar-refractivity contribution >= 4 is 57.1 Å². The van der Waals surface area contributed by atoms with Crippen LogP contribution in [-0.4, -0.2) is 37.0 Å². The molecule has 5 amide bonds. The molecule has 0 aromatic heterocycles. The number of anilines is 2. The Balaban J connectivity index is 1.53. The van der Waals surface area contributed by atoms with Crippen LogP contribution in [0, 0.1) is 13.8 Å². The third-order valence-electron chi connectivity index (χ3n) is 5.78. The number of rotatable bonds is 8. The van der Waals surface area contributed by atoms with Gasteiger partial charge in [0.1, 0.15) is 5.57 Å². The maximum absolute atomic E-state index is 13.1. The largest absolute Gasteiger partial charge is 0.490 e. The van der Waals surface area contributed by atoms with Crippen LogP contribution in [0.5, 0.6) is 11.5 Å². The molecule has 1 saturated heterocycles. The van der Waals surface area contributed by atoms with E-state index in [-0.39, 0.29) is 18.1 Å². The Morgan fingerprint density at radius 2 is 1.72 bits per heavy atom. The van der Waals surface area contributed by atoms with Crippen LogP contribution in [0.15, 0.2) is 70.7 Å². The number of amides is 5. The van der Waals surface area contributed by atoms with E-state index in [4.69, 9.17) is 9.47 Å². The molecule has 0 atom stereocenters. The van der Waals surface area contributed by atoms with Gasteiger partial charge < -0.3 is 14.8 Å². The second kappa shape index (κ2) is 12.0. The molecule has 0 radical (unpaired) electrons. The summed E-state index contributed by atoms with van der Waals surface area (Å²) >= 11 is 3.32. The van der Waals surface area contributed by atoms with Crippen LogP contribution in [0.2, 0.25) is 0 Å². The number of halogens is 1. The molecule has 2 N–H and O–H groups in total. The summed E-state index contributed by atoms with van der Waals surface area (Å²) in [6.45, 7) is 5.75. The predicted octanol–water partition coefficient (Wildman–Crippen LogP) is 5.15. The van der Waals surface area contributed by atoms with Gasteiger partial charge in [-0.25, -0.2) is 9.69 Å². The standard InChI is InChI=1S/C29H26BrN3O6/c1-4-38-25-15-19(6-12-24(25)39-16-26(34)31-23-11-5-17(2)13-18(23)3)14-22-27(35)32-29(37)33(28(22)36)21-9-7-20(30)8-10-21/h5-15H,4,16H2,1-3H3,(H,31,34)(H,32,35,37)/b22-14+. The summed E-state index contributed by atoms with van der Waals surface area (Å²) in [7, 11) is 0. The van der Waals surface area contributed by atoms with Crippen molar-refractivity contribution in [1.29, 1.82) is 0 Å². The molecule has 39 heavy (non-hydrogen) atoms. The van der Waals surface area contributed by atoms with Crippen molar-refractivity contribution in [1.82, 2.24) is 5.32 Å². The lowest BCUT2D eigenvalue weighted by Gasteiger charge is -2.26. The van der Waals surface area contributed by atoms with Gasteiger partial charge in [0.25, 0.3) is 17.7 Å². The van der Waals surface area contributed by atoms with Gasteiger partial charge in [0.15, 0.2) is 18.1 Å². The molecule has 0 unspecified atom stereocenters. The SMILES string of the molecule is CCOc1cc(/C=C2\C(=O)NC(=O)N(c3ccc(Br)cc3)C2=O)ccc1OCC(=O)Nc1ccc(C)cc1C. The van der Waals surface area contributed by atoms with E-state index in [0.29, 0.717) is 35.0 Å². The minimum Gasteiger partial charge on any atom is -0.490 e. The Labute approximate surface area is 233 Å². The van der Waals surface area contributed by atoms with Crippen LogP contribution in [0.25, 0.3) is 6.08 Å². The maximum Gasteiger partial charge on any atom is 0.335 e. The summed E-state index contributed by atoms with van der Waals surface area (Å²) in [6, 6.07) is 16.2. The zero-order valence-corrected chi connectivity index (χ0v) is 23.1. The van der Waals surface area contributed by atoms with Crippen molar-refractivity contribution < 1.29 is 28.7 Å². The van der Waals surface area contributed by atoms with Gasteiger partial charge in [0.2, 0.25) is 0 Å². The number of hydrogen-bond acceptors (Lipinski definition) is 6. The molecule has 3 aromatic carbocycles. The Bertz CT molecular complexity index is 1480. The Morgan fingerprint density at radius 3 is 2.41 bits per heavy atom. The van der Waals surface area contributed by atoms with Gasteiger partial charge in [-0.1, -0.05) is 39.7 Å². The lowest BCUT2D eigenvalue weighted by atomic mass is 10.1.